The van der Waals surface area contributed by atoms with Gasteiger partial charge in [-0.15, -0.1) is 17.9 Å². The molecular weight excluding hydrogens is 264 g/mol. The largest absolute Gasteiger partial charge is 0.373 e. The van der Waals surface area contributed by atoms with Gasteiger partial charge in [0.1, 0.15) is 6.61 Å². The Balaban J connectivity index is 2.36. The van der Waals surface area contributed by atoms with Crippen LogP contribution in [0.15, 0.2) is 28.6 Å². The van der Waals surface area contributed by atoms with Crippen molar-refractivity contribution < 1.29 is 9.53 Å². The summed E-state index contributed by atoms with van der Waals surface area (Å²) in [5.74, 6) is 0.0240. The Labute approximate surface area is 95.7 Å². The molecule has 1 aromatic rings. The molecular formula is C10H11BrO2S. The van der Waals surface area contributed by atoms with Gasteiger partial charge >= 0.3 is 0 Å². The Bertz CT molecular complexity index is 320. The zero-order valence-electron chi connectivity index (χ0n) is 7.66. The van der Waals surface area contributed by atoms with Crippen molar-refractivity contribution in [2.24, 2.45) is 0 Å². The molecule has 2 nitrogen and oxygen atoms in total. The molecule has 0 atom stereocenters. The third-order valence-corrected chi connectivity index (χ3v) is 3.45. The van der Waals surface area contributed by atoms with Gasteiger partial charge in [0.2, 0.25) is 0 Å². The molecule has 0 radical (unpaired) electrons. The average Bonchev–Trinajstić information content (AvgIpc) is 2.59. The molecule has 1 aromatic heterocycles. The number of ketones is 1. The first-order chi connectivity index (χ1) is 6.75. The van der Waals surface area contributed by atoms with E-state index in [1.807, 2.05) is 11.4 Å². The number of carbonyl (C=O) groups excluding carboxylic acids is 1. The van der Waals surface area contributed by atoms with Crippen LogP contribution >= 0.6 is 27.3 Å². The molecule has 4 heteroatoms. The third-order valence-electron chi connectivity index (χ3n) is 1.57. The maximum Gasteiger partial charge on any atom is 0.199 e. The summed E-state index contributed by atoms with van der Waals surface area (Å²) in [5, 5.41) is 1.88. The minimum atomic E-state index is 0.0240. The van der Waals surface area contributed by atoms with E-state index in [1.54, 1.807) is 6.08 Å². The van der Waals surface area contributed by atoms with Crippen LogP contribution in [-0.4, -0.2) is 19.0 Å². The van der Waals surface area contributed by atoms with Crippen molar-refractivity contribution in [3.05, 3.63) is 33.5 Å². The van der Waals surface area contributed by atoms with E-state index in [0.29, 0.717) is 6.61 Å². The predicted octanol–water partition coefficient (Wildman–Crippen LogP) is 3.29. The van der Waals surface area contributed by atoms with Crippen molar-refractivity contribution in [2.75, 3.05) is 13.2 Å². The molecule has 0 aliphatic rings. The summed E-state index contributed by atoms with van der Waals surface area (Å²) >= 11 is 4.73. The molecule has 0 N–H and O–H groups in total. The topological polar surface area (TPSA) is 26.3 Å². The first-order valence-corrected chi connectivity index (χ1v) is 5.87. The number of hydrogen-bond donors (Lipinski definition) is 0. The molecule has 1 rings (SSSR count). The van der Waals surface area contributed by atoms with Gasteiger partial charge in [-0.3, -0.25) is 4.79 Å². The lowest BCUT2D eigenvalue weighted by Crippen LogP contribution is -2.08. The molecule has 14 heavy (non-hydrogen) atoms. The number of Topliss-reactive ketones (excluding diaryl/α,β-unsaturated/α-hetero) is 1. The Morgan fingerprint density at radius 2 is 2.50 bits per heavy atom. The van der Waals surface area contributed by atoms with Crippen LogP contribution in [-0.2, 0) is 4.74 Å². The van der Waals surface area contributed by atoms with Crippen LogP contribution in [0.4, 0.5) is 0 Å². The lowest BCUT2D eigenvalue weighted by molar-refractivity contribution is 0.0772. The minimum Gasteiger partial charge on any atom is -0.373 e. The van der Waals surface area contributed by atoms with Crippen molar-refractivity contribution in [3.63, 3.8) is 0 Å². The van der Waals surface area contributed by atoms with Crippen LogP contribution in [0.2, 0.25) is 0 Å². The van der Waals surface area contributed by atoms with Gasteiger partial charge in [-0.1, -0.05) is 6.08 Å². The second kappa shape index (κ2) is 6.11. The van der Waals surface area contributed by atoms with Gasteiger partial charge in [0.15, 0.2) is 5.78 Å². The summed E-state index contributed by atoms with van der Waals surface area (Å²) in [6.07, 6.45) is 2.55. The van der Waals surface area contributed by atoms with E-state index in [-0.39, 0.29) is 12.4 Å². The zero-order valence-corrected chi connectivity index (χ0v) is 10.1. The quantitative estimate of drug-likeness (QED) is 0.452. The number of hydrogen-bond acceptors (Lipinski definition) is 3. The first-order valence-electron chi connectivity index (χ1n) is 4.20. The Kier molecular flexibility index (Phi) is 5.07. The highest BCUT2D eigenvalue weighted by atomic mass is 79.9. The molecule has 0 saturated carbocycles. The van der Waals surface area contributed by atoms with Crippen LogP contribution in [0.1, 0.15) is 16.1 Å². The third kappa shape index (κ3) is 3.36. The van der Waals surface area contributed by atoms with Gasteiger partial charge in [0.05, 0.1) is 11.5 Å². The fraction of sp³-hybridized carbons (Fsp3) is 0.300. The van der Waals surface area contributed by atoms with Gasteiger partial charge < -0.3 is 4.74 Å². The number of halogens is 1. The van der Waals surface area contributed by atoms with E-state index in [1.165, 1.54) is 11.3 Å². The van der Waals surface area contributed by atoms with Crippen molar-refractivity contribution in [2.45, 2.75) is 6.42 Å². The van der Waals surface area contributed by atoms with Gasteiger partial charge in [-0.25, -0.2) is 0 Å². The first kappa shape index (κ1) is 11.6. The van der Waals surface area contributed by atoms with E-state index in [4.69, 9.17) is 4.74 Å². The molecule has 0 bridgehead atoms. The van der Waals surface area contributed by atoms with Gasteiger partial charge in [-0.2, -0.15) is 0 Å². The van der Waals surface area contributed by atoms with E-state index in [0.717, 1.165) is 15.8 Å². The number of ether oxygens (including phenoxy) is 1. The summed E-state index contributed by atoms with van der Waals surface area (Å²) in [6.45, 7) is 4.27. The Morgan fingerprint density at radius 3 is 3.07 bits per heavy atom. The smallest absolute Gasteiger partial charge is 0.199 e. The van der Waals surface area contributed by atoms with Crippen molar-refractivity contribution in [1.82, 2.24) is 0 Å². The summed E-state index contributed by atoms with van der Waals surface area (Å²) < 4.78 is 6.03. The lowest BCUT2D eigenvalue weighted by Gasteiger charge is -2.00. The van der Waals surface area contributed by atoms with Crippen LogP contribution < -0.4 is 0 Å². The molecule has 76 valence electrons. The maximum atomic E-state index is 11.5. The minimum absolute atomic E-state index is 0.0240. The normalized spacial score (nSPS) is 10.1. The summed E-state index contributed by atoms with van der Waals surface area (Å²) in [4.78, 5) is 12.2. The van der Waals surface area contributed by atoms with E-state index >= 15 is 0 Å². The molecule has 0 fully saturated rings. The maximum absolute atomic E-state index is 11.5. The monoisotopic (exact) mass is 274 g/mol. The average molecular weight is 275 g/mol. The zero-order chi connectivity index (χ0) is 10.4. The standard InChI is InChI=1S/C10H11BrO2S/c1-2-3-5-13-7-9(12)10-8(11)4-6-14-10/h2,4,6H,1,3,5,7H2. The van der Waals surface area contributed by atoms with E-state index < -0.39 is 0 Å². The lowest BCUT2D eigenvalue weighted by atomic mass is 10.3. The second-order valence-electron chi connectivity index (χ2n) is 2.65. The second-order valence-corrected chi connectivity index (χ2v) is 4.42. The van der Waals surface area contributed by atoms with E-state index in [2.05, 4.69) is 22.5 Å². The Hall–Kier alpha value is -0.450. The molecule has 0 saturated heterocycles. The molecule has 0 unspecified atom stereocenters. The van der Waals surface area contributed by atoms with Gasteiger partial charge in [-0.05, 0) is 33.8 Å². The summed E-state index contributed by atoms with van der Waals surface area (Å²) in [5.41, 5.74) is 0. The number of rotatable bonds is 6. The van der Waals surface area contributed by atoms with Gasteiger partial charge in [0, 0.05) is 4.47 Å². The number of thiophene rings is 1. The highest BCUT2D eigenvalue weighted by molar-refractivity contribution is 9.10. The Morgan fingerprint density at radius 1 is 1.71 bits per heavy atom. The number of carbonyl (C=O) groups is 1. The van der Waals surface area contributed by atoms with Crippen LogP contribution in [0, 0.1) is 0 Å². The molecule has 0 amide bonds. The van der Waals surface area contributed by atoms with Crippen LogP contribution in [0.5, 0.6) is 0 Å². The van der Waals surface area contributed by atoms with Crippen LogP contribution in [0.3, 0.4) is 0 Å². The van der Waals surface area contributed by atoms with E-state index in [9.17, 15) is 4.79 Å². The molecule has 0 aromatic carbocycles. The SMILES string of the molecule is C=CCCOCC(=O)c1sccc1Br. The summed E-state index contributed by atoms with van der Waals surface area (Å²) in [6, 6.07) is 1.86. The summed E-state index contributed by atoms with van der Waals surface area (Å²) in [7, 11) is 0. The van der Waals surface area contributed by atoms with Gasteiger partial charge in [0.25, 0.3) is 0 Å². The van der Waals surface area contributed by atoms with Crippen molar-refractivity contribution in [3.8, 4) is 0 Å². The van der Waals surface area contributed by atoms with Crippen molar-refractivity contribution >= 4 is 33.0 Å². The predicted molar refractivity (Wildman–Crippen MR) is 62.0 cm³/mol. The molecule has 0 aliphatic carbocycles. The molecule has 0 spiro atoms. The molecule has 0 aliphatic heterocycles. The highest BCUT2D eigenvalue weighted by Gasteiger charge is 2.10. The van der Waals surface area contributed by atoms with Crippen molar-refractivity contribution in [1.29, 1.82) is 0 Å². The highest BCUT2D eigenvalue weighted by Crippen LogP contribution is 2.22. The fourth-order valence-corrected chi connectivity index (χ4v) is 2.41. The van der Waals surface area contributed by atoms with Crippen LogP contribution in [0.25, 0.3) is 0 Å². The molecule has 1 heterocycles. The fourth-order valence-electron chi connectivity index (χ4n) is 0.890.